The maximum absolute atomic E-state index is 12.4. The minimum absolute atomic E-state index is 0.301. The van der Waals surface area contributed by atoms with Gasteiger partial charge in [-0.15, -0.1) is 0 Å². The van der Waals surface area contributed by atoms with Crippen molar-refractivity contribution in [2.45, 2.75) is 167 Å². The molecule has 0 rings (SSSR count). The lowest BCUT2D eigenvalue weighted by Gasteiger charge is -2.24. The lowest BCUT2D eigenvalue weighted by atomic mass is 10.0. The fraction of sp³-hybridized carbons (Fsp3) is 0.964. The maximum atomic E-state index is 12.4. The van der Waals surface area contributed by atoms with E-state index in [1.165, 1.54) is 77.0 Å². The van der Waals surface area contributed by atoms with Gasteiger partial charge in [-0.05, 0) is 12.8 Å². The molecule has 0 spiro atoms. The predicted molar refractivity (Wildman–Crippen MR) is 149 cm³/mol. The molecule has 0 aliphatic rings. The molecule has 4 N–H and O–H groups in total. The summed E-state index contributed by atoms with van der Waals surface area (Å²) in [4.78, 5) is 12.4. The first-order valence-electron chi connectivity index (χ1n) is 14.8. The zero-order chi connectivity index (χ0) is 27.1. The Bertz CT molecular complexity index is 613. The predicted octanol–water partition coefficient (Wildman–Crippen LogP) is 6.31. The number of aliphatic hydroxyl groups is 2. The van der Waals surface area contributed by atoms with E-state index in [2.05, 4.69) is 19.2 Å². The number of hydrogen-bond acceptors (Lipinski definition) is 5. The molecule has 8 heteroatoms. The minimum atomic E-state index is -4.38. The van der Waals surface area contributed by atoms with Crippen molar-refractivity contribution in [3.05, 3.63) is 0 Å². The van der Waals surface area contributed by atoms with Gasteiger partial charge >= 0.3 is 0 Å². The third-order valence-corrected chi connectivity index (χ3v) is 7.70. The molecule has 0 saturated heterocycles. The molecule has 1 amide bonds. The van der Waals surface area contributed by atoms with Gasteiger partial charge in [-0.3, -0.25) is 9.35 Å². The summed E-state index contributed by atoms with van der Waals surface area (Å²) < 4.78 is 32.1. The van der Waals surface area contributed by atoms with Gasteiger partial charge in [-0.25, -0.2) is 0 Å². The molecule has 0 aromatic heterocycles. The Balaban J connectivity index is 4.14. The normalized spacial score (nSPS) is 14.5. The van der Waals surface area contributed by atoms with Crippen LogP contribution in [-0.2, 0) is 14.9 Å². The lowest BCUT2D eigenvalue weighted by Crippen LogP contribution is -2.50. The van der Waals surface area contributed by atoms with Crippen molar-refractivity contribution in [3.8, 4) is 0 Å². The van der Waals surface area contributed by atoms with Crippen LogP contribution >= 0.6 is 0 Å². The van der Waals surface area contributed by atoms with Crippen LogP contribution < -0.4 is 5.32 Å². The smallest absolute Gasteiger partial charge is 0.266 e. The summed E-state index contributed by atoms with van der Waals surface area (Å²) in [5.41, 5.74) is 0. The van der Waals surface area contributed by atoms with Crippen molar-refractivity contribution >= 4 is 16.0 Å². The first-order valence-corrected chi connectivity index (χ1v) is 16.4. The number of carbonyl (C=O) groups excluding carboxylic acids is 1. The second-order valence-corrected chi connectivity index (χ2v) is 12.0. The number of unbranched alkanes of at least 4 members (excludes halogenated alkanes) is 17. The van der Waals surface area contributed by atoms with Crippen LogP contribution in [0.4, 0.5) is 0 Å². The van der Waals surface area contributed by atoms with Gasteiger partial charge in [0, 0.05) is 0 Å². The topological polar surface area (TPSA) is 124 Å². The summed E-state index contributed by atoms with van der Waals surface area (Å²) in [6, 6.07) is -1.13. The molecule has 0 aromatic rings. The monoisotopic (exact) mass is 535 g/mol. The fourth-order valence-corrected chi connectivity index (χ4v) is 5.34. The molecule has 0 bridgehead atoms. The standard InChI is InChI=1S/C28H57NO6S/c1-3-5-7-9-11-12-13-14-15-17-19-21-23-27(31)28(32)29-25(24-36(33,34)35)26(30)22-20-18-16-10-8-6-4-2/h25-27,30-31H,3-24H2,1-2H3,(H,29,32)(H,33,34,35). The van der Waals surface area contributed by atoms with Crippen molar-refractivity contribution in [2.75, 3.05) is 5.75 Å². The van der Waals surface area contributed by atoms with Crippen molar-refractivity contribution in [3.63, 3.8) is 0 Å². The van der Waals surface area contributed by atoms with Gasteiger partial charge in [0.25, 0.3) is 10.1 Å². The zero-order valence-electron chi connectivity index (χ0n) is 23.3. The van der Waals surface area contributed by atoms with Gasteiger partial charge in [0.1, 0.15) is 6.10 Å². The number of amides is 1. The molecule has 216 valence electrons. The number of hydrogen-bond donors (Lipinski definition) is 4. The largest absolute Gasteiger partial charge is 0.391 e. The Morgan fingerprint density at radius 2 is 1.00 bits per heavy atom. The molecule has 36 heavy (non-hydrogen) atoms. The summed E-state index contributed by atoms with van der Waals surface area (Å²) in [7, 11) is -4.38. The number of nitrogens with one attached hydrogen (secondary N) is 1. The summed E-state index contributed by atoms with van der Waals surface area (Å²) in [5, 5.41) is 23.1. The molecular formula is C28H57NO6S. The van der Waals surface area contributed by atoms with Crippen molar-refractivity contribution in [1.29, 1.82) is 0 Å². The number of aliphatic hydroxyl groups excluding tert-OH is 2. The SMILES string of the molecule is CCCCCCCCCCCCCCC(O)C(=O)NC(CS(=O)(=O)O)C(O)CCCCCCCCC. The fourth-order valence-electron chi connectivity index (χ4n) is 4.58. The van der Waals surface area contributed by atoms with Gasteiger partial charge in [0.2, 0.25) is 5.91 Å². The third-order valence-electron chi connectivity index (χ3n) is 6.92. The maximum Gasteiger partial charge on any atom is 0.266 e. The quantitative estimate of drug-likeness (QED) is 0.0760. The Kier molecular flexibility index (Phi) is 23.0. The van der Waals surface area contributed by atoms with E-state index in [1.807, 2.05) is 0 Å². The third kappa shape index (κ3) is 22.5. The van der Waals surface area contributed by atoms with Crippen LogP contribution in [0.1, 0.15) is 149 Å². The second-order valence-electron chi connectivity index (χ2n) is 10.5. The van der Waals surface area contributed by atoms with Crippen molar-refractivity contribution in [1.82, 2.24) is 5.32 Å². The highest BCUT2D eigenvalue weighted by Crippen LogP contribution is 2.15. The molecule has 7 nitrogen and oxygen atoms in total. The number of rotatable bonds is 26. The summed E-state index contributed by atoms with van der Waals surface area (Å²) >= 11 is 0. The molecule has 0 aliphatic carbocycles. The first-order chi connectivity index (χ1) is 17.2. The van der Waals surface area contributed by atoms with E-state index >= 15 is 0 Å². The average molecular weight is 536 g/mol. The van der Waals surface area contributed by atoms with Crippen LogP contribution in [0.2, 0.25) is 0 Å². The van der Waals surface area contributed by atoms with Crippen LogP contribution in [0.5, 0.6) is 0 Å². The first kappa shape index (κ1) is 35.3. The van der Waals surface area contributed by atoms with Gasteiger partial charge in [0.05, 0.1) is 17.9 Å². The highest BCUT2D eigenvalue weighted by molar-refractivity contribution is 7.85. The molecule has 3 atom stereocenters. The van der Waals surface area contributed by atoms with Crippen LogP contribution in [-0.4, -0.2) is 53.1 Å². The van der Waals surface area contributed by atoms with Gasteiger partial charge in [0.15, 0.2) is 0 Å². The van der Waals surface area contributed by atoms with E-state index in [-0.39, 0.29) is 0 Å². The van der Waals surface area contributed by atoms with Gasteiger partial charge in [-0.1, -0.05) is 136 Å². The van der Waals surface area contributed by atoms with E-state index in [1.54, 1.807) is 0 Å². The van der Waals surface area contributed by atoms with E-state index in [4.69, 9.17) is 0 Å². The molecule has 0 aromatic carbocycles. The minimum Gasteiger partial charge on any atom is -0.391 e. The molecule has 3 unspecified atom stereocenters. The van der Waals surface area contributed by atoms with Crippen LogP contribution in [0.3, 0.4) is 0 Å². The molecule has 0 fully saturated rings. The van der Waals surface area contributed by atoms with Crippen LogP contribution in [0.25, 0.3) is 0 Å². The van der Waals surface area contributed by atoms with E-state index in [0.717, 1.165) is 38.5 Å². The molecule has 0 aliphatic heterocycles. The highest BCUT2D eigenvalue weighted by Gasteiger charge is 2.28. The lowest BCUT2D eigenvalue weighted by molar-refractivity contribution is -0.131. The summed E-state index contributed by atoms with van der Waals surface area (Å²) in [6.45, 7) is 4.39. The molecule has 0 heterocycles. The Labute approximate surface area is 222 Å². The highest BCUT2D eigenvalue weighted by atomic mass is 32.2. The van der Waals surface area contributed by atoms with E-state index in [0.29, 0.717) is 19.3 Å². The summed E-state index contributed by atoms with van der Waals surface area (Å²) in [6.07, 6.45) is 20.1. The Hall–Kier alpha value is -0.700. The van der Waals surface area contributed by atoms with Crippen molar-refractivity contribution in [2.24, 2.45) is 0 Å². The van der Waals surface area contributed by atoms with Gasteiger partial charge < -0.3 is 15.5 Å². The molecular weight excluding hydrogens is 478 g/mol. The van der Waals surface area contributed by atoms with E-state index in [9.17, 15) is 28.0 Å². The Morgan fingerprint density at radius 1 is 0.639 bits per heavy atom. The molecule has 0 saturated carbocycles. The van der Waals surface area contributed by atoms with E-state index < -0.39 is 40.0 Å². The average Bonchev–Trinajstić information content (AvgIpc) is 2.82. The van der Waals surface area contributed by atoms with Crippen LogP contribution in [0, 0.1) is 0 Å². The zero-order valence-corrected chi connectivity index (χ0v) is 24.1. The van der Waals surface area contributed by atoms with Gasteiger partial charge in [-0.2, -0.15) is 8.42 Å². The van der Waals surface area contributed by atoms with Crippen molar-refractivity contribution < 1.29 is 28.0 Å². The van der Waals surface area contributed by atoms with Crippen LogP contribution in [0.15, 0.2) is 0 Å². The second kappa shape index (κ2) is 23.4. The molecule has 0 radical (unpaired) electrons. The number of carbonyl (C=O) groups is 1. The Morgan fingerprint density at radius 3 is 1.39 bits per heavy atom. The summed E-state index contributed by atoms with van der Waals surface area (Å²) in [5.74, 6) is -1.45.